The lowest BCUT2D eigenvalue weighted by atomic mass is 10.4. The van der Waals surface area contributed by atoms with Crippen molar-refractivity contribution in [1.82, 2.24) is 19.7 Å². The standard InChI is InChI=1S/C15H12N4OS3/c1-19-13(12-3-2-5-20-12)17-18-15(19)23-9-11-8-22-14(16-11)10-4-6-21-7-10/h2-8H,9H2,1H3. The van der Waals surface area contributed by atoms with Crippen molar-refractivity contribution < 1.29 is 4.42 Å². The Morgan fingerprint density at radius 2 is 2.22 bits per heavy atom. The smallest absolute Gasteiger partial charge is 0.200 e. The Balaban J connectivity index is 1.48. The summed E-state index contributed by atoms with van der Waals surface area (Å²) in [6.07, 6.45) is 1.64. The minimum absolute atomic E-state index is 0.722. The van der Waals surface area contributed by atoms with Gasteiger partial charge < -0.3 is 8.98 Å². The second kappa shape index (κ2) is 6.31. The van der Waals surface area contributed by atoms with Crippen LogP contribution in [-0.2, 0) is 12.8 Å². The van der Waals surface area contributed by atoms with Gasteiger partial charge in [-0.15, -0.1) is 21.5 Å². The molecule has 0 aliphatic carbocycles. The van der Waals surface area contributed by atoms with E-state index in [0.29, 0.717) is 0 Å². The van der Waals surface area contributed by atoms with Gasteiger partial charge in [0, 0.05) is 29.1 Å². The summed E-state index contributed by atoms with van der Waals surface area (Å²) >= 11 is 4.99. The molecule has 4 rings (SSSR count). The van der Waals surface area contributed by atoms with Crippen LogP contribution in [0.15, 0.2) is 50.2 Å². The first-order chi connectivity index (χ1) is 11.3. The molecule has 5 nitrogen and oxygen atoms in total. The fourth-order valence-electron chi connectivity index (χ4n) is 2.09. The van der Waals surface area contributed by atoms with Crippen molar-refractivity contribution >= 4 is 34.4 Å². The van der Waals surface area contributed by atoms with Gasteiger partial charge in [0.25, 0.3) is 0 Å². The maximum Gasteiger partial charge on any atom is 0.200 e. The number of hydrogen-bond donors (Lipinski definition) is 0. The van der Waals surface area contributed by atoms with E-state index in [1.807, 2.05) is 23.7 Å². The van der Waals surface area contributed by atoms with E-state index < -0.39 is 0 Å². The highest BCUT2D eigenvalue weighted by Gasteiger charge is 2.14. The zero-order valence-electron chi connectivity index (χ0n) is 12.2. The minimum atomic E-state index is 0.722. The summed E-state index contributed by atoms with van der Waals surface area (Å²) in [4.78, 5) is 4.68. The number of rotatable bonds is 5. The van der Waals surface area contributed by atoms with Gasteiger partial charge in [0.15, 0.2) is 16.7 Å². The van der Waals surface area contributed by atoms with Gasteiger partial charge in [0.2, 0.25) is 0 Å². The van der Waals surface area contributed by atoms with Crippen molar-refractivity contribution in [2.75, 3.05) is 0 Å². The number of nitrogens with zero attached hydrogens (tertiary/aromatic N) is 4. The Morgan fingerprint density at radius 3 is 3.00 bits per heavy atom. The van der Waals surface area contributed by atoms with Gasteiger partial charge in [0.1, 0.15) is 5.01 Å². The third-order valence-electron chi connectivity index (χ3n) is 3.25. The lowest BCUT2D eigenvalue weighted by Gasteiger charge is -2.00. The van der Waals surface area contributed by atoms with E-state index in [9.17, 15) is 0 Å². The van der Waals surface area contributed by atoms with Gasteiger partial charge in [-0.1, -0.05) is 11.8 Å². The van der Waals surface area contributed by atoms with Crippen molar-refractivity contribution in [3.05, 3.63) is 46.3 Å². The summed E-state index contributed by atoms with van der Waals surface area (Å²) in [7, 11) is 1.94. The molecular formula is C15H12N4OS3. The number of thioether (sulfide) groups is 1. The van der Waals surface area contributed by atoms with Gasteiger partial charge in [0.05, 0.1) is 12.0 Å². The number of thiophene rings is 1. The lowest BCUT2D eigenvalue weighted by molar-refractivity contribution is 0.572. The molecule has 0 saturated heterocycles. The van der Waals surface area contributed by atoms with E-state index in [-0.39, 0.29) is 0 Å². The molecule has 0 saturated carbocycles. The highest BCUT2D eigenvalue weighted by atomic mass is 32.2. The van der Waals surface area contributed by atoms with Crippen molar-refractivity contribution in [2.45, 2.75) is 10.9 Å². The van der Waals surface area contributed by atoms with E-state index in [2.05, 4.69) is 37.4 Å². The minimum Gasteiger partial charge on any atom is -0.461 e. The van der Waals surface area contributed by atoms with E-state index in [0.717, 1.165) is 33.2 Å². The van der Waals surface area contributed by atoms with Gasteiger partial charge in [-0.3, -0.25) is 0 Å². The molecule has 0 atom stereocenters. The zero-order chi connectivity index (χ0) is 15.6. The molecule has 4 aromatic rings. The molecule has 0 N–H and O–H groups in total. The fourth-order valence-corrected chi connectivity index (χ4v) is 4.53. The first-order valence-corrected chi connectivity index (χ1v) is 9.65. The van der Waals surface area contributed by atoms with Crippen LogP contribution in [0.1, 0.15) is 5.69 Å². The van der Waals surface area contributed by atoms with Crippen LogP contribution in [0.4, 0.5) is 0 Å². The van der Waals surface area contributed by atoms with Crippen LogP contribution in [0.5, 0.6) is 0 Å². The second-order valence-corrected chi connectivity index (χ2v) is 7.37. The SMILES string of the molecule is Cn1c(SCc2csc(-c3ccsc3)n2)nnc1-c1ccco1. The predicted molar refractivity (Wildman–Crippen MR) is 93.7 cm³/mol. The van der Waals surface area contributed by atoms with Gasteiger partial charge in [-0.25, -0.2) is 4.98 Å². The molecular weight excluding hydrogens is 348 g/mol. The Labute approximate surface area is 145 Å². The Bertz CT molecular complexity index is 893. The van der Waals surface area contributed by atoms with Gasteiger partial charge in [-0.05, 0) is 23.6 Å². The third-order valence-corrected chi connectivity index (χ3v) is 5.92. The number of aromatic nitrogens is 4. The molecule has 0 unspecified atom stereocenters. The Hall–Kier alpha value is -1.90. The van der Waals surface area contributed by atoms with E-state index in [4.69, 9.17) is 4.42 Å². The summed E-state index contributed by atoms with van der Waals surface area (Å²) in [5, 5.41) is 16.6. The van der Waals surface area contributed by atoms with E-state index >= 15 is 0 Å². The highest BCUT2D eigenvalue weighted by Crippen LogP contribution is 2.29. The average Bonchev–Trinajstić information content (AvgIpc) is 3.33. The monoisotopic (exact) mass is 360 g/mol. The molecule has 0 aliphatic rings. The van der Waals surface area contributed by atoms with Gasteiger partial charge in [-0.2, -0.15) is 11.3 Å². The predicted octanol–water partition coefficient (Wildman–Crippen LogP) is 4.55. The average molecular weight is 360 g/mol. The molecule has 0 amide bonds. The summed E-state index contributed by atoms with van der Waals surface area (Å²) < 4.78 is 7.32. The van der Waals surface area contributed by atoms with Crippen molar-refractivity contribution in [1.29, 1.82) is 0 Å². The maximum absolute atomic E-state index is 5.38. The molecule has 0 radical (unpaired) electrons. The third kappa shape index (κ3) is 2.97. The topological polar surface area (TPSA) is 56.7 Å². The molecule has 0 bridgehead atoms. The van der Waals surface area contributed by atoms with E-state index in [1.54, 1.807) is 40.7 Å². The van der Waals surface area contributed by atoms with Crippen LogP contribution in [0.25, 0.3) is 22.2 Å². The fraction of sp³-hybridized carbons (Fsp3) is 0.133. The molecule has 0 fully saturated rings. The molecule has 4 aromatic heterocycles. The van der Waals surface area contributed by atoms with Crippen LogP contribution in [0, 0.1) is 0 Å². The first kappa shape index (κ1) is 14.7. The Kier molecular flexibility index (Phi) is 4.02. The summed E-state index contributed by atoms with van der Waals surface area (Å²) in [6.45, 7) is 0. The normalized spacial score (nSPS) is 11.2. The molecule has 0 spiro atoms. The largest absolute Gasteiger partial charge is 0.461 e. The second-order valence-electron chi connectivity index (χ2n) is 4.79. The number of hydrogen-bond acceptors (Lipinski definition) is 7. The van der Waals surface area contributed by atoms with Gasteiger partial charge >= 0.3 is 0 Å². The van der Waals surface area contributed by atoms with Crippen LogP contribution in [0.2, 0.25) is 0 Å². The van der Waals surface area contributed by atoms with Crippen LogP contribution >= 0.6 is 34.4 Å². The van der Waals surface area contributed by atoms with Crippen LogP contribution in [0.3, 0.4) is 0 Å². The first-order valence-electron chi connectivity index (χ1n) is 6.84. The van der Waals surface area contributed by atoms with Crippen LogP contribution < -0.4 is 0 Å². The van der Waals surface area contributed by atoms with Crippen molar-refractivity contribution in [3.63, 3.8) is 0 Å². The number of furan rings is 1. The summed E-state index contributed by atoms with van der Waals surface area (Å²) in [6, 6.07) is 5.82. The maximum atomic E-state index is 5.38. The lowest BCUT2D eigenvalue weighted by Crippen LogP contribution is -1.94. The molecule has 4 heterocycles. The van der Waals surface area contributed by atoms with Crippen molar-refractivity contribution in [2.24, 2.45) is 7.05 Å². The molecule has 0 aliphatic heterocycles. The summed E-state index contributed by atoms with van der Waals surface area (Å²) in [5.74, 6) is 2.22. The Morgan fingerprint density at radius 1 is 1.26 bits per heavy atom. The molecule has 116 valence electrons. The molecule has 0 aromatic carbocycles. The zero-order valence-corrected chi connectivity index (χ0v) is 14.6. The summed E-state index contributed by atoms with van der Waals surface area (Å²) in [5.41, 5.74) is 2.25. The highest BCUT2D eigenvalue weighted by molar-refractivity contribution is 7.98. The van der Waals surface area contributed by atoms with Crippen LogP contribution in [-0.4, -0.2) is 19.7 Å². The quantitative estimate of drug-likeness (QED) is 0.489. The molecule has 8 heteroatoms. The van der Waals surface area contributed by atoms with Crippen molar-refractivity contribution in [3.8, 4) is 22.2 Å². The number of thiazole rings is 1. The molecule has 23 heavy (non-hydrogen) atoms. The van der Waals surface area contributed by atoms with E-state index in [1.165, 1.54) is 5.56 Å².